The van der Waals surface area contributed by atoms with E-state index in [0.717, 1.165) is 10.0 Å². The molecule has 0 bridgehead atoms. The van der Waals surface area contributed by atoms with Crippen LogP contribution in [-0.4, -0.2) is 23.2 Å². The van der Waals surface area contributed by atoms with E-state index in [4.69, 9.17) is 0 Å². The average molecular weight is 286 g/mol. The van der Waals surface area contributed by atoms with Gasteiger partial charge in [-0.15, -0.1) is 0 Å². The highest BCUT2D eigenvalue weighted by atomic mass is 79.9. The van der Waals surface area contributed by atoms with Crippen molar-refractivity contribution in [3.8, 4) is 0 Å². The maximum absolute atomic E-state index is 11.5. The van der Waals surface area contributed by atoms with Gasteiger partial charge in [-0.3, -0.25) is 4.79 Å². The third kappa shape index (κ3) is 5.28. The Labute approximate surface area is 104 Å². The zero-order valence-electron chi connectivity index (χ0n) is 9.46. The summed E-state index contributed by atoms with van der Waals surface area (Å²) in [5.74, 6) is -0.0831. The second-order valence-electron chi connectivity index (χ2n) is 4.40. The first-order chi connectivity index (χ1) is 7.37. The van der Waals surface area contributed by atoms with Crippen molar-refractivity contribution < 1.29 is 9.90 Å². The summed E-state index contributed by atoms with van der Waals surface area (Å²) in [6.07, 6.45) is 0.329. The highest BCUT2D eigenvalue weighted by Crippen LogP contribution is 2.12. The molecule has 0 heterocycles. The Morgan fingerprint density at radius 2 is 2.19 bits per heavy atom. The molecule has 0 unspecified atom stereocenters. The van der Waals surface area contributed by atoms with Crippen molar-refractivity contribution in [3.05, 3.63) is 34.3 Å². The van der Waals surface area contributed by atoms with Crippen LogP contribution >= 0.6 is 15.9 Å². The van der Waals surface area contributed by atoms with E-state index in [2.05, 4.69) is 21.2 Å². The van der Waals surface area contributed by atoms with Crippen LogP contribution in [0.25, 0.3) is 0 Å². The van der Waals surface area contributed by atoms with Crippen molar-refractivity contribution in [1.82, 2.24) is 5.32 Å². The molecule has 0 saturated heterocycles. The first-order valence-corrected chi connectivity index (χ1v) is 5.90. The molecule has 0 saturated carbocycles. The topological polar surface area (TPSA) is 49.3 Å². The van der Waals surface area contributed by atoms with Gasteiger partial charge in [0.1, 0.15) is 0 Å². The number of aliphatic hydroxyl groups is 1. The largest absolute Gasteiger partial charge is 0.389 e. The van der Waals surface area contributed by atoms with Crippen LogP contribution in [0.3, 0.4) is 0 Å². The summed E-state index contributed by atoms with van der Waals surface area (Å²) in [7, 11) is 0. The first-order valence-electron chi connectivity index (χ1n) is 5.10. The maximum Gasteiger partial charge on any atom is 0.224 e. The zero-order chi connectivity index (χ0) is 12.2. The molecule has 2 N–H and O–H groups in total. The molecule has 1 aromatic rings. The third-order valence-corrected chi connectivity index (χ3v) is 2.47. The van der Waals surface area contributed by atoms with Gasteiger partial charge in [0.25, 0.3) is 0 Å². The molecule has 4 heteroatoms. The van der Waals surface area contributed by atoms with Crippen LogP contribution in [-0.2, 0) is 11.2 Å². The fourth-order valence-corrected chi connectivity index (χ4v) is 1.66. The van der Waals surface area contributed by atoms with Crippen LogP contribution in [0.5, 0.6) is 0 Å². The molecule has 16 heavy (non-hydrogen) atoms. The minimum absolute atomic E-state index is 0.0831. The van der Waals surface area contributed by atoms with Crippen molar-refractivity contribution in [1.29, 1.82) is 0 Å². The highest BCUT2D eigenvalue weighted by Gasteiger charge is 2.13. The Morgan fingerprint density at radius 1 is 1.50 bits per heavy atom. The molecule has 1 rings (SSSR count). The van der Waals surface area contributed by atoms with Gasteiger partial charge in [-0.05, 0) is 31.5 Å². The number of rotatable bonds is 4. The number of hydrogen-bond acceptors (Lipinski definition) is 2. The lowest BCUT2D eigenvalue weighted by molar-refractivity contribution is -0.121. The number of nitrogens with one attached hydrogen (secondary N) is 1. The van der Waals surface area contributed by atoms with Gasteiger partial charge >= 0.3 is 0 Å². The molecule has 0 aliphatic rings. The molecule has 1 amide bonds. The summed E-state index contributed by atoms with van der Waals surface area (Å²) in [4.78, 5) is 11.5. The minimum Gasteiger partial charge on any atom is -0.389 e. The molecular weight excluding hydrogens is 270 g/mol. The van der Waals surface area contributed by atoms with Gasteiger partial charge in [0.2, 0.25) is 5.91 Å². The smallest absolute Gasteiger partial charge is 0.224 e. The summed E-state index contributed by atoms with van der Waals surface area (Å²) in [5, 5.41) is 12.1. The first kappa shape index (κ1) is 13.2. The van der Waals surface area contributed by atoms with Crippen molar-refractivity contribution in [2.75, 3.05) is 6.54 Å². The summed E-state index contributed by atoms with van der Waals surface area (Å²) < 4.78 is 0.959. The van der Waals surface area contributed by atoms with Crippen LogP contribution in [0, 0.1) is 0 Å². The molecule has 0 spiro atoms. The van der Waals surface area contributed by atoms with Crippen molar-refractivity contribution in [2.24, 2.45) is 0 Å². The number of halogens is 1. The Bertz CT molecular complexity index is 372. The summed E-state index contributed by atoms with van der Waals surface area (Å²) in [5.41, 5.74) is 0.0787. The predicted octanol–water partition coefficient (Wildman–Crippen LogP) is 1.88. The van der Waals surface area contributed by atoms with Gasteiger partial charge in [0.15, 0.2) is 0 Å². The molecule has 0 atom stereocenters. The van der Waals surface area contributed by atoms with Gasteiger partial charge < -0.3 is 10.4 Å². The van der Waals surface area contributed by atoms with Crippen LogP contribution in [0.2, 0.25) is 0 Å². The third-order valence-electron chi connectivity index (χ3n) is 1.97. The molecule has 0 aliphatic carbocycles. The predicted molar refractivity (Wildman–Crippen MR) is 67.2 cm³/mol. The van der Waals surface area contributed by atoms with E-state index in [-0.39, 0.29) is 12.5 Å². The van der Waals surface area contributed by atoms with E-state index in [1.165, 1.54) is 0 Å². The lowest BCUT2D eigenvalue weighted by Crippen LogP contribution is -2.38. The van der Waals surface area contributed by atoms with E-state index >= 15 is 0 Å². The minimum atomic E-state index is -0.868. The van der Waals surface area contributed by atoms with E-state index in [1.807, 2.05) is 24.3 Å². The molecule has 0 fully saturated rings. The number of carbonyl (C=O) groups is 1. The zero-order valence-corrected chi connectivity index (χ0v) is 11.0. The van der Waals surface area contributed by atoms with Crippen LogP contribution < -0.4 is 5.32 Å². The summed E-state index contributed by atoms with van der Waals surface area (Å²) >= 11 is 3.35. The van der Waals surface area contributed by atoms with Crippen LogP contribution in [0.1, 0.15) is 19.4 Å². The monoisotopic (exact) mass is 285 g/mol. The fraction of sp³-hybridized carbons (Fsp3) is 0.417. The van der Waals surface area contributed by atoms with Crippen molar-refractivity contribution in [2.45, 2.75) is 25.9 Å². The fourth-order valence-electron chi connectivity index (χ4n) is 1.21. The lowest BCUT2D eigenvalue weighted by atomic mass is 10.1. The quantitative estimate of drug-likeness (QED) is 0.888. The number of carbonyl (C=O) groups excluding carboxylic acids is 1. The number of benzene rings is 1. The Morgan fingerprint density at radius 3 is 2.75 bits per heavy atom. The molecule has 0 aromatic heterocycles. The summed E-state index contributed by atoms with van der Waals surface area (Å²) in [6.45, 7) is 3.58. The standard InChI is InChI=1S/C12H16BrNO2/c1-12(2,16)8-14-11(15)7-9-4-3-5-10(13)6-9/h3-6,16H,7-8H2,1-2H3,(H,14,15). The average Bonchev–Trinajstić information content (AvgIpc) is 2.14. The number of amides is 1. The highest BCUT2D eigenvalue weighted by molar-refractivity contribution is 9.10. The van der Waals surface area contributed by atoms with Crippen LogP contribution in [0.4, 0.5) is 0 Å². The van der Waals surface area contributed by atoms with E-state index in [1.54, 1.807) is 13.8 Å². The molecule has 0 aliphatic heterocycles. The molecule has 0 radical (unpaired) electrons. The lowest BCUT2D eigenvalue weighted by Gasteiger charge is -2.17. The van der Waals surface area contributed by atoms with E-state index in [0.29, 0.717) is 6.42 Å². The van der Waals surface area contributed by atoms with Crippen LogP contribution in [0.15, 0.2) is 28.7 Å². The van der Waals surface area contributed by atoms with E-state index < -0.39 is 5.60 Å². The van der Waals surface area contributed by atoms with Gasteiger partial charge in [-0.1, -0.05) is 28.1 Å². The van der Waals surface area contributed by atoms with Gasteiger partial charge in [0.05, 0.1) is 12.0 Å². The molecule has 88 valence electrons. The van der Waals surface area contributed by atoms with Crippen molar-refractivity contribution >= 4 is 21.8 Å². The van der Waals surface area contributed by atoms with Gasteiger partial charge in [-0.25, -0.2) is 0 Å². The molecular formula is C12H16BrNO2. The Hall–Kier alpha value is -0.870. The molecule has 1 aromatic carbocycles. The second-order valence-corrected chi connectivity index (χ2v) is 5.31. The second kappa shape index (κ2) is 5.46. The Balaban J connectivity index is 2.46. The van der Waals surface area contributed by atoms with Gasteiger partial charge in [-0.2, -0.15) is 0 Å². The van der Waals surface area contributed by atoms with Crippen molar-refractivity contribution in [3.63, 3.8) is 0 Å². The number of hydrogen-bond donors (Lipinski definition) is 2. The molecule has 3 nitrogen and oxygen atoms in total. The normalized spacial score (nSPS) is 11.2. The van der Waals surface area contributed by atoms with E-state index in [9.17, 15) is 9.90 Å². The summed E-state index contributed by atoms with van der Waals surface area (Å²) in [6, 6.07) is 7.61. The Kier molecular flexibility index (Phi) is 4.50. The van der Waals surface area contributed by atoms with Gasteiger partial charge in [0, 0.05) is 11.0 Å². The SMILES string of the molecule is CC(C)(O)CNC(=O)Cc1cccc(Br)c1. The maximum atomic E-state index is 11.5.